The van der Waals surface area contributed by atoms with Crippen LogP contribution in [0.4, 0.5) is 20.2 Å². The van der Waals surface area contributed by atoms with Gasteiger partial charge in [-0.15, -0.1) is 0 Å². The molecule has 3 aromatic heterocycles. The average molecular weight is 877 g/mol. The molecular weight excluding hydrogens is 823 g/mol. The standard InChI is InChI=1S/C47H54F2N10O5/c1-47(2,63)37-22-40-29(19-41(37)52-46(62)42-10-8-33-18-28(23-50)24-51-59(33)42)25-58(54-40)32-6-4-31(5-7-32)57-17-16-56(26-35(57)27-64-3)30-12-14-55(15-13-30)34-20-38(48)44(39(49)21-34)36-9-11-43(60)53-45(36)61/h8,10,18-22,24-25,30-32,35-36,63H,4-7,9,11-17,26-27H2,1-3H3,(H,52,62)(H,53,60,61)/t31?,32?,35-,36+/m0/s1. The molecule has 17 heteroatoms. The minimum absolute atomic E-state index is 0.0519. The number of fused-ring (bicyclic) bond motifs is 2. The highest BCUT2D eigenvalue weighted by atomic mass is 19.1. The molecule has 0 bridgehead atoms. The van der Waals surface area contributed by atoms with Gasteiger partial charge >= 0.3 is 0 Å². The van der Waals surface area contributed by atoms with E-state index < -0.39 is 40.9 Å². The zero-order valence-electron chi connectivity index (χ0n) is 36.4. The number of amides is 3. The summed E-state index contributed by atoms with van der Waals surface area (Å²) in [6.07, 6.45) is 9.25. The second-order valence-electron chi connectivity index (χ2n) is 18.3. The Morgan fingerprint density at radius 1 is 0.969 bits per heavy atom. The number of hydrogen-bond acceptors (Lipinski definition) is 11. The molecule has 2 atom stereocenters. The van der Waals surface area contributed by atoms with Crippen LogP contribution in [0.2, 0.25) is 0 Å². The minimum atomic E-state index is -1.27. The third-order valence-electron chi connectivity index (χ3n) is 13.9. The van der Waals surface area contributed by atoms with Gasteiger partial charge in [-0.3, -0.25) is 34.2 Å². The van der Waals surface area contributed by atoms with E-state index >= 15 is 8.78 Å². The smallest absolute Gasteiger partial charge is 0.274 e. The van der Waals surface area contributed by atoms with Crippen LogP contribution in [0.25, 0.3) is 16.4 Å². The lowest BCUT2D eigenvalue weighted by Gasteiger charge is -2.50. The molecule has 5 aromatic rings. The zero-order chi connectivity index (χ0) is 44.9. The first-order valence-corrected chi connectivity index (χ1v) is 22.3. The number of hydrogen-bond donors (Lipinski definition) is 3. The van der Waals surface area contributed by atoms with Crippen LogP contribution in [0.5, 0.6) is 0 Å². The van der Waals surface area contributed by atoms with E-state index in [4.69, 9.17) is 9.84 Å². The van der Waals surface area contributed by atoms with Crippen molar-refractivity contribution in [3.8, 4) is 6.07 Å². The van der Waals surface area contributed by atoms with Crippen LogP contribution in [0.1, 0.15) is 104 Å². The molecule has 0 spiro atoms. The second-order valence-corrected chi connectivity index (χ2v) is 18.3. The number of imide groups is 1. The lowest BCUT2D eigenvalue weighted by atomic mass is 9.88. The Morgan fingerprint density at radius 3 is 2.39 bits per heavy atom. The van der Waals surface area contributed by atoms with Gasteiger partial charge in [-0.2, -0.15) is 15.5 Å². The lowest BCUT2D eigenvalue weighted by Crippen LogP contribution is -2.61. The van der Waals surface area contributed by atoms with E-state index in [0.717, 1.165) is 69.1 Å². The van der Waals surface area contributed by atoms with Crippen LogP contribution in [-0.4, -0.2) is 117 Å². The quantitative estimate of drug-likeness (QED) is 0.149. The van der Waals surface area contributed by atoms with Gasteiger partial charge in [0.15, 0.2) is 0 Å². The predicted molar refractivity (Wildman–Crippen MR) is 235 cm³/mol. The summed E-state index contributed by atoms with van der Waals surface area (Å²) in [5.74, 6) is -4.01. The number of aliphatic hydroxyl groups is 1. The van der Waals surface area contributed by atoms with Crippen LogP contribution in [0.15, 0.2) is 54.9 Å². The Morgan fingerprint density at radius 2 is 1.70 bits per heavy atom. The van der Waals surface area contributed by atoms with Crippen molar-refractivity contribution in [1.82, 2.24) is 34.5 Å². The molecule has 1 saturated carbocycles. The molecule has 15 nitrogen and oxygen atoms in total. The number of halogens is 2. The first-order valence-electron chi connectivity index (χ1n) is 22.3. The molecule has 3 saturated heterocycles. The fraction of sp³-hybridized carbons (Fsp3) is 0.489. The van der Waals surface area contributed by atoms with Crippen LogP contribution >= 0.6 is 0 Å². The highest BCUT2D eigenvalue weighted by Crippen LogP contribution is 2.38. The van der Waals surface area contributed by atoms with Crippen molar-refractivity contribution in [2.24, 2.45) is 0 Å². The normalized spacial score (nSPS) is 23.1. The minimum Gasteiger partial charge on any atom is -0.386 e. The van der Waals surface area contributed by atoms with Gasteiger partial charge in [-0.25, -0.2) is 13.3 Å². The van der Waals surface area contributed by atoms with Crippen molar-refractivity contribution in [3.63, 3.8) is 0 Å². The molecule has 336 valence electrons. The second kappa shape index (κ2) is 17.6. The molecule has 9 rings (SSSR count). The number of nitrogens with one attached hydrogen (secondary N) is 2. The summed E-state index contributed by atoms with van der Waals surface area (Å²) in [5, 5.41) is 35.8. The molecule has 4 fully saturated rings. The van der Waals surface area contributed by atoms with Gasteiger partial charge in [0.2, 0.25) is 11.8 Å². The maximum Gasteiger partial charge on any atom is 0.274 e. The third kappa shape index (κ3) is 8.59. The number of benzene rings is 2. The molecular formula is C47H54F2N10O5. The van der Waals surface area contributed by atoms with Gasteiger partial charge in [-0.1, -0.05) is 0 Å². The van der Waals surface area contributed by atoms with Gasteiger partial charge in [0.05, 0.1) is 47.0 Å². The number of ether oxygens (including phenoxy) is 1. The van der Waals surface area contributed by atoms with Crippen molar-refractivity contribution in [2.45, 2.75) is 101 Å². The number of anilines is 2. The molecule has 3 N–H and O–H groups in total. The highest BCUT2D eigenvalue weighted by Gasteiger charge is 2.38. The number of methoxy groups -OCH3 is 1. The first kappa shape index (κ1) is 43.5. The highest BCUT2D eigenvalue weighted by molar-refractivity contribution is 6.05. The summed E-state index contributed by atoms with van der Waals surface area (Å²) in [7, 11) is 1.75. The van der Waals surface area contributed by atoms with Crippen LogP contribution in [0, 0.1) is 23.0 Å². The van der Waals surface area contributed by atoms with E-state index in [1.807, 2.05) is 27.9 Å². The number of piperazine rings is 1. The van der Waals surface area contributed by atoms with Crippen molar-refractivity contribution >= 4 is 45.5 Å². The Hall–Kier alpha value is -5.80. The topological polar surface area (TPSA) is 173 Å². The van der Waals surface area contributed by atoms with Gasteiger partial charge < -0.3 is 20.1 Å². The molecule has 3 aliphatic heterocycles. The number of carbonyl (C=O) groups is 3. The Kier molecular flexibility index (Phi) is 12.0. The predicted octanol–water partition coefficient (Wildman–Crippen LogP) is 5.62. The van der Waals surface area contributed by atoms with Crippen molar-refractivity contribution in [1.29, 1.82) is 5.26 Å². The van der Waals surface area contributed by atoms with Crippen LogP contribution in [0.3, 0.4) is 0 Å². The largest absolute Gasteiger partial charge is 0.386 e. The molecule has 6 heterocycles. The van der Waals surface area contributed by atoms with Crippen molar-refractivity contribution in [3.05, 3.63) is 88.9 Å². The van der Waals surface area contributed by atoms with E-state index in [0.29, 0.717) is 65.5 Å². The van der Waals surface area contributed by atoms with Gasteiger partial charge in [0.1, 0.15) is 23.4 Å². The van der Waals surface area contributed by atoms with E-state index in [1.54, 1.807) is 39.2 Å². The summed E-state index contributed by atoms with van der Waals surface area (Å²) < 4.78 is 40.0. The SMILES string of the molecule is COC[C@@H]1CN(C2CCN(c3cc(F)c([C@H]4CCC(=O)NC4=O)c(F)c3)CC2)CCN1C1CCC(n2cc3cc(NC(=O)c4ccc5cc(C#N)cnn45)c(C(C)(C)O)cc3n2)CC1. The van der Waals surface area contributed by atoms with Gasteiger partial charge in [0.25, 0.3) is 5.91 Å². The summed E-state index contributed by atoms with van der Waals surface area (Å²) in [6.45, 7) is 8.05. The third-order valence-corrected chi connectivity index (χ3v) is 13.9. The van der Waals surface area contributed by atoms with E-state index in [-0.39, 0.29) is 30.5 Å². The first-order chi connectivity index (χ1) is 30.8. The summed E-state index contributed by atoms with van der Waals surface area (Å²) in [6, 6.07) is 14.7. The summed E-state index contributed by atoms with van der Waals surface area (Å²) >= 11 is 0. The maximum atomic E-state index is 15.3. The van der Waals surface area contributed by atoms with Crippen LogP contribution < -0.4 is 15.5 Å². The number of nitrogens with zero attached hydrogens (tertiary/aromatic N) is 8. The van der Waals surface area contributed by atoms with E-state index in [1.165, 1.54) is 22.8 Å². The number of piperidine rings is 2. The number of aromatic nitrogens is 4. The molecule has 2 aromatic carbocycles. The molecule has 4 aliphatic rings. The molecule has 3 amide bonds. The number of nitriles is 1. The Bertz CT molecular complexity index is 2610. The number of carbonyl (C=O) groups excluding carboxylic acids is 3. The summed E-state index contributed by atoms with van der Waals surface area (Å²) in [4.78, 5) is 44.7. The fourth-order valence-electron chi connectivity index (χ4n) is 10.6. The Balaban J connectivity index is 0.813. The molecule has 0 radical (unpaired) electrons. The molecule has 0 unspecified atom stereocenters. The van der Waals surface area contributed by atoms with Gasteiger partial charge in [-0.05, 0) is 101 Å². The van der Waals surface area contributed by atoms with Crippen LogP contribution in [-0.2, 0) is 19.9 Å². The number of rotatable bonds is 10. The van der Waals surface area contributed by atoms with Gasteiger partial charge in [0, 0.05) is 98.5 Å². The molecule has 1 aliphatic carbocycles. The molecule has 64 heavy (non-hydrogen) atoms. The average Bonchev–Trinajstić information content (AvgIpc) is 3.90. The fourth-order valence-corrected chi connectivity index (χ4v) is 10.6. The van der Waals surface area contributed by atoms with E-state index in [9.17, 15) is 24.8 Å². The van der Waals surface area contributed by atoms with E-state index in [2.05, 4.69) is 31.6 Å². The monoisotopic (exact) mass is 876 g/mol. The zero-order valence-corrected chi connectivity index (χ0v) is 36.4. The maximum absolute atomic E-state index is 15.3. The Labute approximate surface area is 369 Å². The van der Waals surface area contributed by atoms with Crippen molar-refractivity contribution < 1.29 is 33.0 Å². The lowest BCUT2D eigenvalue weighted by molar-refractivity contribution is -0.134. The summed E-state index contributed by atoms with van der Waals surface area (Å²) in [5.41, 5.74) is 2.01. The van der Waals surface area contributed by atoms with Crippen molar-refractivity contribution in [2.75, 3.05) is 56.7 Å².